The summed E-state index contributed by atoms with van der Waals surface area (Å²) in [5.41, 5.74) is 1.88. The van der Waals surface area contributed by atoms with Crippen molar-refractivity contribution < 1.29 is 22.7 Å². The topological polar surface area (TPSA) is 72.3 Å². The average molecular weight is 540 g/mol. The van der Waals surface area contributed by atoms with Gasteiger partial charge in [-0.3, -0.25) is 9.48 Å². The second-order valence-corrected chi connectivity index (χ2v) is 11.1. The van der Waals surface area contributed by atoms with Gasteiger partial charge in [0, 0.05) is 44.0 Å². The van der Waals surface area contributed by atoms with Crippen LogP contribution in [-0.2, 0) is 24.7 Å². The molecule has 0 aromatic carbocycles. The number of thiazole rings is 1. The molecule has 7 nitrogen and oxygen atoms in total. The molecule has 0 unspecified atom stereocenters. The summed E-state index contributed by atoms with van der Waals surface area (Å²) >= 11 is 1.34. The molecule has 0 radical (unpaired) electrons. The van der Waals surface area contributed by atoms with Crippen molar-refractivity contribution in [1.29, 1.82) is 0 Å². The predicted octanol–water partition coefficient (Wildman–Crippen LogP) is 4.49. The fraction of sp³-hybridized carbons (Fsp3) is 0.654. The predicted molar refractivity (Wildman–Crippen MR) is 138 cm³/mol. The van der Waals surface area contributed by atoms with Crippen LogP contribution in [0.5, 0.6) is 5.19 Å². The number of aromatic nitrogens is 3. The Labute approximate surface area is 220 Å². The minimum Gasteiger partial charge on any atom is -0.464 e. The van der Waals surface area contributed by atoms with Gasteiger partial charge in [-0.15, -0.1) is 0 Å². The van der Waals surface area contributed by atoms with Crippen molar-refractivity contribution in [3.05, 3.63) is 34.1 Å². The van der Waals surface area contributed by atoms with Crippen LogP contribution < -0.4 is 10.1 Å². The van der Waals surface area contributed by atoms with Gasteiger partial charge in [0.25, 0.3) is 17.5 Å². The van der Waals surface area contributed by atoms with Crippen LogP contribution in [0.2, 0.25) is 0 Å². The maximum atomic E-state index is 15.6. The molecule has 204 valence electrons. The van der Waals surface area contributed by atoms with Crippen LogP contribution in [0.25, 0.3) is 5.57 Å². The van der Waals surface area contributed by atoms with Gasteiger partial charge < -0.3 is 15.0 Å². The van der Waals surface area contributed by atoms with Crippen molar-refractivity contribution in [2.45, 2.75) is 76.9 Å². The maximum Gasteiger partial charge on any atom is 0.273 e. The first kappa shape index (κ1) is 27.6. The molecule has 0 atom stereocenters. The Morgan fingerprint density at radius 1 is 1.32 bits per heavy atom. The third kappa shape index (κ3) is 7.13. The Morgan fingerprint density at radius 3 is 2.70 bits per heavy atom. The van der Waals surface area contributed by atoms with E-state index in [1.54, 1.807) is 10.8 Å². The molecule has 1 amide bonds. The largest absolute Gasteiger partial charge is 0.464 e. The van der Waals surface area contributed by atoms with E-state index in [0.717, 1.165) is 41.5 Å². The number of fused-ring (bicyclic) bond motifs is 1. The molecule has 11 heteroatoms. The molecule has 1 fully saturated rings. The van der Waals surface area contributed by atoms with E-state index < -0.39 is 18.7 Å². The number of carbonyl (C=O) groups is 1. The summed E-state index contributed by atoms with van der Waals surface area (Å²) in [5, 5.41) is 7.74. The summed E-state index contributed by atoms with van der Waals surface area (Å²) in [4.78, 5) is 20.6. The number of hydrogen-bond acceptors (Lipinski definition) is 6. The van der Waals surface area contributed by atoms with Crippen molar-refractivity contribution in [3.63, 3.8) is 0 Å². The molecule has 2 aromatic heterocycles. The van der Waals surface area contributed by atoms with E-state index >= 15 is 4.39 Å². The van der Waals surface area contributed by atoms with Crippen LogP contribution in [0.1, 0.15) is 61.0 Å². The van der Waals surface area contributed by atoms with Crippen molar-refractivity contribution in [2.24, 2.45) is 7.05 Å². The van der Waals surface area contributed by atoms with Crippen molar-refractivity contribution in [2.75, 3.05) is 26.2 Å². The van der Waals surface area contributed by atoms with E-state index in [2.05, 4.69) is 20.3 Å². The molecule has 0 bridgehead atoms. The second-order valence-electron chi connectivity index (χ2n) is 10.0. The van der Waals surface area contributed by atoms with Gasteiger partial charge in [0.1, 0.15) is 5.67 Å². The van der Waals surface area contributed by atoms with Crippen LogP contribution in [0.3, 0.4) is 0 Å². The second kappa shape index (κ2) is 12.0. The highest BCUT2D eigenvalue weighted by Gasteiger charge is 2.36. The molecule has 37 heavy (non-hydrogen) atoms. The molecule has 0 spiro atoms. The van der Waals surface area contributed by atoms with Crippen LogP contribution in [0.4, 0.5) is 13.2 Å². The van der Waals surface area contributed by atoms with Gasteiger partial charge >= 0.3 is 0 Å². The Kier molecular flexibility index (Phi) is 8.94. The van der Waals surface area contributed by atoms with Crippen LogP contribution in [0, 0.1) is 6.92 Å². The lowest BCUT2D eigenvalue weighted by Crippen LogP contribution is -2.43. The lowest BCUT2D eigenvalue weighted by molar-refractivity contribution is -0.116. The van der Waals surface area contributed by atoms with Gasteiger partial charge in [0.15, 0.2) is 6.61 Å². The lowest BCUT2D eigenvalue weighted by atomic mass is 9.81. The molecule has 3 heterocycles. The molecule has 0 saturated heterocycles. The Morgan fingerprint density at radius 2 is 2.05 bits per heavy atom. The van der Waals surface area contributed by atoms with Crippen LogP contribution in [-0.4, -0.2) is 69.9 Å². The Hall–Kier alpha value is -2.40. The number of hydrogen-bond donors (Lipinski definition) is 1. The summed E-state index contributed by atoms with van der Waals surface area (Å²) in [6.45, 7) is 5.31. The van der Waals surface area contributed by atoms with Crippen LogP contribution in [0.15, 0.2) is 12.1 Å². The van der Waals surface area contributed by atoms with Crippen molar-refractivity contribution in [1.82, 2.24) is 25.0 Å². The molecule has 1 aliphatic heterocycles. The molecule has 1 aliphatic carbocycles. The number of rotatable bonds is 9. The number of amides is 1. The molecular formula is C26H36F3N5O2S. The van der Waals surface area contributed by atoms with E-state index in [-0.39, 0.29) is 11.9 Å². The molecule has 4 rings (SSSR count). The van der Waals surface area contributed by atoms with Crippen molar-refractivity contribution >= 4 is 22.8 Å². The normalized spacial score (nSPS) is 23.1. The lowest BCUT2D eigenvalue weighted by Gasteiger charge is -2.35. The maximum absolute atomic E-state index is 15.6. The summed E-state index contributed by atoms with van der Waals surface area (Å²) < 4.78 is 47.2. The summed E-state index contributed by atoms with van der Waals surface area (Å²) in [6.07, 6.45) is 3.32. The first-order valence-electron chi connectivity index (χ1n) is 12.9. The summed E-state index contributed by atoms with van der Waals surface area (Å²) in [6, 6.07) is 1.85. The number of carbonyl (C=O) groups excluding carboxylic acids is 1. The fourth-order valence-electron chi connectivity index (χ4n) is 5.21. The minimum atomic E-state index is -2.51. The Balaban J connectivity index is 1.21. The zero-order chi connectivity index (χ0) is 26.6. The minimum absolute atomic E-state index is 0.0395. The standard InChI is InChI=1S/C26H36F3N5O2S/c1-4-19(21-15-17(2)32-33(21)3)24(35)30-18-5-9-26(29,10-6-18)11-14-34-12-7-20-22(8-13-34)37-25(31-20)36-16-23(27)28/h4,15,18,23H,5-14,16H2,1-3H3,(H,30,35)/b19-4+. The molecule has 1 saturated carbocycles. The third-order valence-electron chi connectivity index (χ3n) is 7.32. The van der Waals surface area contributed by atoms with E-state index in [1.165, 1.54) is 11.3 Å². The van der Waals surface area contributed by atoms with E-state index in [9.17, 15) is 13.6 Å². The monoisotopic (exact) mass is 539 g/mol. The first-order valence-corrected chi connectivity index (χ1v) is 13.8. The average Bonchev–Trinajstić information content (AvgIpc) is 3.34. The molecule has 2 aliphatic rings. The number of nitrogens with zero attached hydrogens (tertiary/aromatic N) is 4. The van der Waals surface area contributed by atoms with E-state index in [4.69, 9.17) is 4.74 Å². The van der Waals surface area contributed by atoms with E-state index in [0.29, 0.717) is 55.8 Å². The smallest absolute Gasteiger partial charge is 0.273 e. The number of alkyl halides is 3. The van der Waals surface area contributed by atoms with Crippen molar-refractivity contribution in [3.8, 4) is 5.19 Å². The summed E-state index contributed by atoms with van der Waals surface area (Å²) in [7, 11) is 1.82. The van der Waals surface area contributed by atoms with Crippen LogP contribution >= 0.6 is 11.3 Å². The van der Waals surface area contributed by atoms with Gasteiger partial charge in [-0.25, -0.2) is 18.2 Å². The van der Waals surface area contributed by atoms with Gasteiger partial charge in [-0.05, 0) is 58.4 Å². The third-order valence-corrected chi connectivity index (χ3v) is 8.39. The number of aryl methyl sites for hydroxylation is 2. The first-order chi connectivity index (χ1) is 17.7. The van der Waals surface area contributed by atoms with Gasteiger partial charge in [0.2, 0.25) is 0 Å². The zero-order valence-electron chi connectivity index (χ0n) is 21.7. The fourth-order valence-corrected chi connectivity index (χ4v) is 6.17. The zero-order valence-corrected chi connectivity index (χ0v) is 22.6. The summed E-state index contributed by atoms with van der Waals surface area (Å²) in [5.74, 6) is -0.143. The van der Waals surface area contributed by atoms with Gasteiger partial charge in [-0.2, -0.15) is 5.10 Å². The molecule has 2 aromatic rings. The number of ether oxygens (including phenoxy) is 1. The molecule has 1 N–H and O–H groups in total. The number of halogens is 3. The van der Waals surface area contributed by atoms with Gasteiger partial charge in [-0.1, -0.05) is 17.4 Å². The Bertz CT molecular complexity index is 1080. The molecular weight excluding hydrogens is 503 g/mol. The quantitative estimate of drug-likeness (QED) is 0.476. The van der Waals surface area contributed by atoms with E-state index in [1.807, 2.05) is 27.0 Å². The SMILES string of the molecule is C/C=C(/C(=O)NC1CCC(F)(CCN2CCc3nc(OCC(F)F)sc3CC2)CC1)c1cc(C)nn1C. The highest BCUT2D eigenvalue weighted by molar-refractivity contribution is 7.13. The van der Waals surface area contributed by atoms with Gasteiger partial charge in [0.05, 0.1) is 22.7 Å². The number of nitrogens with one attached hydrogen (secondary N) is 1. The highest BCUT2D eigenvalue weighted by atomic mass is 32.1. The number of allylic oxidation sites excluding steroid dienone is 1. The highest BCUT2D eigenvalue weighted by Crippen LogP contribution is 2.36.